The van der Waals surface area contributed by atoms with Crippen LogP contribution in [-0.2, 0) is 4.79 Å². The highest BCUT2D eigenvalue weighted by Gasteiger charge is 2.18. The van der Waals surface area contributed by atoms with Gasteiger partial charge in [0.05, 0.1) is 0 Å². The van der Waals surface area contributed by atoms with E-state index < -0.39 is 0 Å². The van der Waals surface area contributed by atoms with Crippen molar-refractivity contribution >= 4 is 5.91 Å². The third-order valence-corrected chi connectivity index (χ3v) is 3.92. The first-order valence-corrected chi connectivity index (χ1v) is 7.07. The lowest BCUT2D eigenvalue weighted by atomic mass is 10.0. The van der Waals surface area contributed by atoms with Gasteiger partial charge in [0.15, 0.2) is 0 Å². The molecule has 1 N–H and O–H groups in total. The molecule has 2 heteroatoms. The van der Waals surface area contributed by atoms with E-state index in [1.54, 1.807) is 0 Å². The SMILES string of the molecule is C[C@H](CNC(=O)CC1CCCC1)c1ccccc1. The second-order valence-corrected chi connectivity index (χ2v) is 5.47. The van der Waals surface area contributed by atoms with Crippen LogP contribution in [0.15, 0.2) is 30.3 Å². The van der Waals surface area contributed by atoms with Gasteiger partial charge in [0, 0.05) is 13.0 Å². The Kier molecular flexibility index (Phi) is 4.80. The molecule has 2 rings (SSSR count). The predicted molar refractivity (Wildman–Crippen MR) is 74.4 cm³/mol. The van der Waals surface area contributed by atoms with E-state index >= 15 is 0 Å². The summed E-state index contributed by atoms with van der Waals surface area (Å²) < 4.78 is 0. The quantitative estimate of drug-likeness (QED) is 0.845. The summed E-state index contributed by atoms with van der Waals surface area (Å²) in [6.07, 6.45) is 5.81. The van der Waals surface area contributed by atoms with Gasteiger partial charge < -0.3 is 5.32 Å². The average molecular weight is 245 g/mol. The molecule has 1 fully saturated rings. The molecule has 0 bridgehead atoms. The smallest absolute Gasteiger partial charge is 0.220 e. The summed E-state index contributed by atoms with van der Waals surface area (Å²) in [6, 6.07) is 10.4. The maximum absolute atomic E-state index is 11.8. The monoisotopic (exact) mass is 245 g/mol. The molecule has 0 saturated heterocycles. The fraction of sp³-hybridized carbons (Fsp3) is 0.562. The number of hydrogen-bond donors (Lipinski definition) is 1. The van der Waals surface area contributed by atoms with Crippen molar-refractivity contribution in [1.29, 1.82) is 0 Å². The van der Waals surface area contributed by atoms with Gasteiger partial charge in [0.25, 0.3) is 0 Å². The Morgan fingerprint density at radius 1 is 1.28 bits per heavy atom. The van der Waals surface area contributed by atoms with Gasteiger partial charge in [-0.2, -0.15) is 0 Å². The fourth-order valence-corrected chi connectivity index (χ4v) is 2.72. The van der Waals surface area contributed by atoms with Crippen LogP contribution < -0.4 is 5.32 Å². The van der Waals surface area contributed by atoms with E-state index in [2.05, 4.69) is 24.4 Å². The second kappa shape index (κ2) is 6.58. The van der Waals surface area contributed by atoms with E-state index in [1.807, 2.05) is 18.2 Å². The molecule has 1 aromatic carbocycles. The summed E-state index contributed by atoms with van der Waals surface area (Å²) in [4.78, 5) is 11.8. The first kappa shape index (κ1) is 13.1. The molecule has 0 aliphatic heterocycles. The molecule has 1 aliphatic rings. The molecule has 2 nitrogen and oxygen atoms in total. The van der Waals surface area contributed by atoms with Crippen molar-refractivity contribution in [3.63, 3.8) is 0 Å². The molecule has 1 aromatic rings. The normalized spacial score (nSPS) is 17.6. The highest BCUT2D eigenvalue weighted by atomic mass is 16.1. The van der Waals surface area contributed by atoms with Crippen LogP contribution in [-0.4, -0.2) is 12.5 Å². The third kappa shape index (κ3) is 3.86. The summed E-state index contributed by atoms with van der Waals surface area (Å²) in [6.45, 7) is 2.90. The highest BCUT2D eigenvalue weighted by molar-refractivity contribution is 5.76. The number of carbonyl (C=O) groups excluding carboxylic acids is 1. The van der Waals surface area contributed by atoms with Crippen LogP contribution in [0.3, 0.4) is 0 Å². The molecule has 0 heterocycles. The largest absolute Gasteiger partial charge is 0.355 e. The zero-order valence-electron chi connectivity index (χ0n) is 11.2. The van der Waals surface area contributed by atoms with Crippen molar-refractivity contribution in [3.8, 4) is 0 Å². The topological polar surface area (TPSA) is 29.1 Å². The number of amides is 1. The van der Waals surface area contributed by atoms with Gasteiger partial charge in [-0.15, -0.1) is 0 Å². The van der Waals surface area contributed by atoms with Crippen LogP contribution in [0.25, 0.3) is 0 Å². The first-order chi connectivity index (χ1) is 8.75. The van der Waals surface area contributed by atoms with Gasteiger partial charge in [0.1, 0.15) is 0 Å². The van der Waals surface area contributed by atoms with Gasteiger partial charge in [0.2, 0.25) is 5.91 Å². The van der Waals surface area contributed by atoms with Crippen molar-refractivity contribution in [2.75, 3.05) is 6.54 Å². The average Bonchev–Trinajstić information content (AvgIpc) is 2.90. The summed E-state index contributed by atoms with van der Waals surface area (Å²) >= 11 is 0. The van der Waals surface area contributed by atoms with Crippen LogP contribution in [0.5, 0.6) is 0 Å². The fourth-order valence-electron chi connectivity index (χ4n) is 2.72. The lowest BCUT2D eigenvalue weighted by Crippen LogP contribution is -2.28. The number of hydrogen-bond acceptors (Lipinski definition) is 1. The van der Waals surface area contributed by atoms with E-state index in [4.69, 9.17) is 0 Å². The van der Waals surface area contributed by atoms with Crippen molar-refractivity contribution in [3.05, 3.63) is 35.9 Å². The van der Waals surface area contributed by atoms with E-state index in [0.29, 0.717) is 11.8 Å². The van der Waals surface area contributed by atoms with Crippen molar-refractivity contribution in [2.24, 2.45) is 5.92 Å². The van der Waals surface area contributed by atoms with Crippen molar-refractivity contribution in [1.82, 2.24) is 5.32 Å². The van der Waals surface area contributed by atoms with Gasteiger partial charge >= 0.3 is 0 Å². The second-order valence-electron chi connectivity index (χ2n) is 5.47. The Bertz CT molecular complexity index is 368. The lowest BCUT2D eigenvalue weighted by molar-refractivity contribution is -0.122. The van der Waals surface area contributed by atoms with Crippen LogP contribution >= 0.6 is 0 Å². The Hall–Kier alpha value is -1.31. The molecule has 0 aromatic heterocycles. The zero-order chi connectivity index (χ0) is 12.8. The standard InChI is InChI=1S/C16H23NO/c1-13(15-9-3-2-4-10-15)12-17-16(18)11-14-7-5-6-8-14/h2-4,9-10,13-14H,5-8,11-12H2,1H3,(H,17,18)/t13-/m1/s1. The molecular formula is C16H23NO. The summed E-state index contributed by atoms with van der Waals surface area (Å²) in [7, 11) is 0. The molecular weight excluding hydrogens is 222 g/mol. The molecule has 1 amide bonds. The molecule has 1 atom stereocenters. The number of carbonyl (C=O) groups is 1. The van der Waals surface area contributed by atoms with E-state index in [-0.39, 0.29) is 5.91 Å². The van der Waals surface area contributed by atoms with Gasteiger partial charge in [-0.25, -0.2) is 0 Å². The minimum absolute atomic E-state index is 0.227. The molecule has 0 spiro atoms. The van der Waals surface area contributed by atoms with Crippen LogP contribution in [0.4, 0.5) is 0 Å². The van der Waals surface area contributed by atoms with Crippen LogP contribution in [0.1, 0.15) is 50.5 Å². The summed E-state index contributed by atoms with van der Waals surface area (Å²) in [5, 5.41) is 3.07. The Morgan fingerprint density at radius 3 is 2.61 bits per heavy atom. The highest BCUT2D eigenvalue weighted by Crippen LogP contribution is 2.27. The Balaban J connectivity index is 1.72. The van der Waals surface area contributed by atoms with E-state index in [0.717, 1.165) is 13.0 Å². The lowest BCUT2D eigenvalue weighted by Gasteiger charge is -2.14. The predicted octanol–water partition coefficient (Wildman–Crippen LogP) is 3.49. The van der Waals surface area contributed by atoms with Crippen LogP contribution in [0.2, 0.25) is 0 Å². The Morgan fingerprint density at radius 2 is 1.94 bits per heavy atom. The first-order valence-electron chi connectivity index (χ1n) is 7.07. The summed E-state index contributed by atoms with van der Waals surface area (Å²) in [5.41, 5.74) is 1.29. The van der Waals surface area contributed by atoms with Gasteiger partial charge in [-0.1, -0.05) is 50.1 Å². The number of nitrogens with one attached hydrogen (secondary N) is 1. The molecule has 0 radical (unpaired) electrons. The molecule has 98 valence electrons. The summed E-state index contributed by atoms with van der Waals surface area (Å²) in [5.74, 6) is 1.25. The molecule has 0 unspecified atom stereocenters. The zero-order valence-corrected chi connectivity index (χ0v) is 11.2. The number of rotatable bonds is 5. The van der Waals surface area contributed by atoms with E-state index in [9.17, 15) is 4.79 Å². The minimum Gasteiger partial charge on any atom is -0.355 e. The van der Waals surface area contributed by atoms with Crippen molar-refractivity contribution in [2.45, 2.75) is 44.9 Å². The third-order valence-electron chi connectivity index (χ3n) is 3.92. The maximum Gasteiger partial charge on any atom is 0.220 e. The molecule has 1 saturated carbocycles. The molecule has 1 aliphatic carbocycles. The minimum atomic E-state index is 0.227. The van der Waals surface area contributed by atoms with E-state index in [1.165, 1.54) is 31.2 Å². The Labute approximate surface area is 110 Å². The number of benzene rings is 1. The molecule has 18 heavy (non-hydrogen) atoms. The van der Waals surface area contributed by atoms with Crippen molar-refractivity contribution < 1.29 is 4.79 Å². The van der Waals surface area contributed by atoms with Crippen LogP contribution in [0, 0.1) is 5.92 Å². The maximum atomic E-state index is 11.8. The van der Waals surface area contributed by atoms with Gasteiger partial charge in [-0.3, -0.25) is 4.79 Å². The van der Waals surface area contributed by atoms with Gasteiger partial charge in [-0.05, 0) is 30.2 Å².